The number of carboxylic acid groups (broad SMARTS) is 1. The van der Waals surface area contributed by atoms with Crippen LogP contribution in [-0.2, 0) is 0 Å². The molecular formula is C17H17NO4. The lowest BCUT2D eigenvalue weighted by atomic mass is 10.1. The van der Waals surface area contributed by atoms with E-state index in [1.807, 2.05) is 6.92 Å². The molecule has 1 amide bonds. The van der Waals surface area contributed by atoms with E-state index in [9.17, 15) is 14.7 Å². The molecule has 5 nitrogen and oxygen atoms in total. The van der Waals surface area contributed by atoms with Crippen LogP contribution in [0, 0.1) is 6.92 Å². The number of benzene rings is 2. The number of amides is 1. The molecule has 0 aromatic heterocycles. The summed E-state index contributed by atoms with van der Waals surface area (Å²) in [5.74, 6) is -0.862. The lowest BCUT2D eigenvalue weighted by Gasteiger charge is -2.12. The van der Waals surface area contributed by atoms with Gasteiger partial charge in [0.05, 0.1) is 17.9 Å². The van der Waals surface area contributed by atoms with Crippen LogP contribution >= 0.6 is 0 Å². The predicted octanol–water partition coefficient (Wildman–Crippen LogP) is 3.34. The van der Waals surface area contributed by atoms with E-state index in [2.05, 4.69) is 5.32 Å². The second-order valence-electron chi connectivity index (χ2n) is 4.72. The summed E-state index contributed by atoms with van der Waals surface area (Å²) >= 11 is 0. The number of carboxylic acids is 1. The van der Waals surface area contributed by atoms with Crippen LogP contribution < -0.4 is 10.1 Å². The molecule has 2 N–H and O–H groups in total. The fraction of sp³-hybridized carbons (Fsp3) is 0.176. The second-order valence-corrected chi connectivity index (χ2v) is 4.72. The molecule has 22 heavy (non-hydrogen) atoms. The van der Waals surface area contributed by atoms with E-state index in [1.54, 1.807) is 43.3 Å². The van der Waals surface area contributed by atoms with Gasteiger partial charge in [0.25, 0.3) is 5.91 Å². The number of aryl methyl sites for hydroxylation is 1. The highest BCUT2D eigenvalue weighted by atomic mass is 16.5. The van der Waals surface area contributed by atoms with Crippen LogP contribution in [0.4, 0.5) is 5.69 Å². The Balaban J connectivity index is 2.30. The van der Waals surface area contributed by atoms with Crippen molar-refractivity contribution in [2.24, 2.45) is 0 Å². The van der Waals surface area contributed by atoms with Gasteiger partial charge in [-0.1, -0.05) is 18.2 Å². The summed E-state index contributed by atoms with van der Waals surface area (Å²) in [5.41, 5.74) is 1.47. The summed E-state index contributed by atoms with van der Waals surface area (Å²) in [4.78, 5) is 23.6. The summed E-state index contributed by atoms with van der Waals surface area (Å²) in [6, 6.07) is 11.6. The third-order valence-electron chi connectivity index (χ3n) is 3.15. The highest BCUT2D eigenvalue weighted by Gasteiger charge is 2.15. The zero-order valence-electron chi connectivity index (χ0n) is 12.4. The number of ether oxygens (including phenoxy) is 1. The van der Waals surface area contributed by atoms with Gasteiger partial charge in [0, 0.05) is 5.56 Å². The van der Waals surface area contributed by atoms with E-state index < -0.39 is 5.97 Å². The summed E-state index contributed by atoms with van der Waals surface area (Å²) in [7, 11) is 0. The molecule has 0 radical (unpaired) electrons. The van der Waals surface area contributed by atoms with Gasteiger partial charge in [-0.2, -0.15) is 0 Å². The molecule has 0 heterocycles. The van der Waals surface area contributed by atoms with Gasteiger partial charge in [-0.05, 0) is 43.7 Å². The monoisotopic (exact) mass is 299 g/mol. The maximum atomic E-state index is 12.3. The lowest BCUT2D eigenvalue weighted by molar-refractivity contribution is 0.0698. The van der Waals surface area contributed by atoms with Gasteiger partial charge in [0.1, 0.15) is 5.75 Å². The van der Waals surface area contributed by atoms with E-state index in [1.165, 1.54) is 6.07 Å². The smallest absolute Gasteiger partial charge is 0.337 e. The number of rotatable bonds is 5. The molecule has 0 fully saturated rings. The lowest BCUT2D eigenvalue weighted by Crippen LogP contribution is -2.16. The summed E-state index contributed by atoms with van der Waals surface area (Å²) in [5, 5.41) is 11.9. The van der Waals surface area contributed by atoms with Crippen LogP contribution in [0.25, 0.3) is 0 Å². The zero-order chi connectivity index (χ0) is 16.1. The average Bonchev–Trinajstić information content (AvgIpc) is 2.49. The van der Waals surface area contributed by atoms with Crippen LogP contribution in [0.2, 0.25) is 0 Å². The molecule has 0 unspecified atom stereocenters. The van der Waals surface area contributed by atoms with Gasteiger partial charge < -0.3 is 15.2 Å². The molecule has 0 saturated heterocycles. The predicted molar refractivity (Wildman–Crippen MR) is 83.7 cm³/mol. The largest absolute Gasteiger partial charge is 0.494 e. The van der Waals surface area contributed by atoms with Crippen molar-refractivity contribution < 1.29 is 19.4 Å². The molecule has 0 spiro atoms. The van der Waals surface area contributed by atoms with Crippen molar-refractivity contribution in [3.8, 4) is 5.75 Å². The first-order chi connectivity index (χ1) is 10.5. The third-order valence-corrected chi connectivity index (χ3v) is 3.15. The topological polar surface area (TPSA) is 75.6 Å². The Labute approximate surface area is 128 Å². The van der Waals surface area contributed by atoms with Crippen molar-refractivity contribution in [2.75, 3.05) is 11.9 Å². The Morgan fingerprint density at radius 3 is 2.59 bits per heavy atom. The Bertz CT molecular complexity index is 710. The molecule has 2 rings (SSSR count). The Kier molecular flexibility index (Phi) is 4.78. The normalized spacial score (nSPS) is 10.1. The van der Waals surface area contributed by atoms with E-state index in [0.29, 0.717) is 29.2 Å². The fourth-order valence-electron chi connectivity index (χ4n) is 2.09. The molecule has 114 valence electrons. The van der Waals surface area contributed by atoms with Gasteiger partial charge in [-0.25, -0.2) is 4.79 Å². The number of aromatic carboxylic acids is 1. The highest BCUT2D eigenvalue weighted by Crippen LogP contribution is 2.22. The molecule has 5 heteroatoms. The van der Waals surface area contributed by atoms with Crippen molar-refractivity contribution in [3.63, 3.8) is 0 Å². The minimum Gasteiger partial charge on any atom is -0.494 e. The van der Waals surface area contributed by atoms with Crippen molar-refractivity contribution in [1.29, 1.82) is 0 Å². The first-order valence-electron chi connectivity index (χ1n) is 6.90. The molecule has 0 saturated carbocycles. The number of hydrogen-bond acceptors (Lipinski definition) is 3. The molecule has 0 aliphatic rings. The minimum absolute atomic E-state index is 0.0642. The summed E-state index contributed by atoms with van der Waals surface area (Å²) in [6.45, 7) is 4.11. The van der Waals surface area contributed by atoms with Gasteiger partial charge >= 0.3 is 5.97 Å². The van der Waals surface area contributed by atoms with Crippen LogP contribution in [0.15, 0.2) is 42.5 Å². The van der Waals surface area contributed by atoms with E-state index in [-0.39, 0.29) is 11.5 Å². The van der Waals surface area contributed by atoms with Crippen molar-refractivity contribution in [1.82, 2.24) is 0 Å². The quantitative estimate of drug-likeness (QED) is 0.887. The molecule has 2 aromatic rings. The highest BCUT2D eigenvalue weighted by molar-refractivity contribution is 6.08. The van der Waals surface area contributed by atoms with Gasteiger partial charge in [-0.3, -0.25) is 4.79 Å². The van der Waals surface area contributed by atoms with Gasteiger partial charge in [0.2, 0.25) is 0 Å². The molecule has 0 aliphatic carbocycles. The number of para-hydroxylation sites is 1. The minimum atomic E-state index is -1.08. The number of carbonyl (C=O) groups is 2. The Morgan fingerprint density at radius 2 is 1.91 bits per heavy atom. The molecule has 2 aromatic carbocycles. The van der Waals surface area contributed by atoms with Crippen molar-refractivity contribution in [3.05, 3.63) is 59.2 Å². The third kappa shape index (κ3) is 3.44. The molecular weight excluding hydrogens is 282 g/mol. The first-order valence-corrected chi connectivity index (χ1v) is 6.90. The summed E-state index contributed by atoms with van der Waals surface area (Å²) < 4.78 is 5.36. The zero-order valence-corrected chi connectivity index (χ0v) is 12.4. The number of carbonyl (C=O) groups excluding carboxylic acids is 1. The Hall–Kier alpha value is -2.82. The second kappa shape index (κ2) is 6.76. The molecule has 0 bridgehead atoms. The standard InChI is InChI=1S/C17H17NO4/c1-3-22-13-8-5-7-12(10-13)16(19)18-15-11(2)6-4-9-14(15)17(20)21/h4-10H,3H2,1-2H3,(H,18,19)(H,20,21). The van der Waals surface area contributed by atoms with Crippen molar-refractivity contribution >= 4 is 17.6 Å². The van der Waals surface area contributed by atoms with Gasteiger partial charge in [-0.15, -0.1) is 0 Å². The van der Waals surface area contributed by atoms with Crippen LogP contribution in [0.5, 0.6) is 5.75 Å². The van der Waals surface area contributed by atoms with Gasteiger partial charge in [0.15, 0.2) is 0 Å². The maximum Gasteiger partial charge on any atom is 0.337 e. The molecule has 0 aliphatic heterocycles. The maximum absolute atomic E-state index is 12.3. The van der Waals surface area contributed by atoms with Crippen LogP contribution in [-0.4, -0.2) is 23.6 Å². The summed E-state index contributed by atoms with van der Waals surface area (Å²) in [6.07, 6.45) is 0. The molecule has 0 atom stereocenters. The number of hydrogen-bond donors (Lipinski definition) is 2. The van der Waals surface area contributed by atoms with Crippen LogP contribution in [0.1, 0.15) is 33.2 Å². The fourth-order valence-corrected chi connectivity index (χ4v) is 2.09. The van der Waals surface area contributed by atoms with E-state index in [0.717, 1.165) is 0 Å². The van der Waals surface area contributed by atoms with E-state index >= 15 is 0 Å². The number of nitrogens with one attached hydrogen (secondary N) is 1. The average molecular weight is 299 g/mol. The Morgan fingerprint density at radius 1 is 1.18 bits per heavy atom. The van der Waals surface area contributed by atoms with Crippen molar-refractivity contribution in [2.45, 2.75) is 13.8 Å². The van der Waals surface area contributed by atoms with Crippen LogP contribution in [0.3, 0.4) is 0 Å². The number of anilines is 1. The SMILES string of the molecule is CCOc1cccc(C(=O)Nc2c(C)cccc2C(=O)O)c1. The van der Waals surface area contributed by atoms with E-state index in [4.69, 9.17) is 4.74 Å². The first kappa shape index (κ1) is 15.6.